The molecular formula is C16H22N2. The fraction of sp³-hybridized carbons (Fsp3) is 0.500. The van der Waals surface area contributed by atoms with Gasteiger partial charge < -0.3 is 10.7 Å². The highest BCUT2D eigenvalue weighted by atomic mass is 14.8. The molecule has 96 valence electrons. The fourth-order valence-electron chi connectivity index (χ4n) is 3.58. The molecule has 1 heterocycles. The highest BCUT2D eigenvalue weighted by Crippen LogP contribution is 2.38. The average Bonchev–Trinajstić information content (AvgIpc) is 3.01. The summed E-state index contributed by atoms with van der Waals surface area (Å²) in [5, 5.41) is 1.35. The topological polar surface area (TPSA) is 41.8 Å². The van der Waals surface area contributed by atoms with Crippen LogP contribution in [0.2, 0.25) is 0 Å². The van der Waals surface area contributed by atoms with Gasteiger partial charge in [0, 0.05) is 29.1 Å². The van der Waals surface area contributed by atoms with Gasteiger partial charge in [-0.2, -0.15) is 0 Å². The van der Waals surface area contributed by atoms with Crippen LogP contribution in [0.5, 0.6) is 0 Å². The zero-order valence-corrected chi connectivity index (χ0v) is 11.1. The Morgan fingerprint density at radius 3 is 2.67 bits per heavy atom. The predicted molar refractivity (Wildman–Crippen MR) is 76.8 cm³/mol. The molecule has 2 heteroatoms. The normalized spacial score (nSPS) is 18.6. The number of aryl methyl sites for hydroxylation is 1. The number of hydrogen-bond donors (Lipinski definition) is 2. The molecule has 1 saturated carbocycles. The van der Waals surface area contributed by atoms with Crippen LogP contribution in [0.3, 0.4) is 0 Å². The maximum absolute atomic E-state index is 6.06. The van der Waals surface area contributed by atoms with Crippen LogP contribution < -0.4 is 5.73 Å². The van der Waals surface area contributed by atoms with Gasteiger partial charge in [-0.25, -0.2) is 0 Å². The van der Waals surface area contributed by atoms with Crippen LogP contribution in [0.25, 0.3) is 10.9 Å². The standard InChI is InChI=1S/C16H22N2/c1-11-13-8-4-5-9-15(13)18-16(11)14(10-17)12-6-2-3-7-12/h4-5,8-9,12,14,18H,2-3,6-7,10,17H2,1H3. The van der Waals surface area contributed by atoms with Crippen molar-refractivity contribution in [1.29, 1.82) is 0 Å². The molecule has 2 aromatic rings. The number of H-pyrrole nitrogens is 1. The summed E-state index contributed by atoms with van der Waals surface area (Å²) in [6.45, 7) is 2.99. The Bertz CT molecular complexity index is 535. The van der Waals surface area contributed by atoms with Gasteiger partial charge in [0.05, 0.1) is 0 Å². The first-order valence-corrected chi connectivity index (χ1v) is 7.08. The number of aromatic nitrogens is 1. The van der Waals surface area contributed by atoms with Crippen LogP contribution in [0, 0.1) is 12.8 Å². The summed E-state index contributed by atoms with van der Waals surface area (Å²) in [6, 6.07) is 8.57. The molecule has 3 N–H and O–H groups in total. The fourth-order valence-corrected chi connectivity index (χ4v) is 3.58. The van der Waals surface area contributed by atoms with Gasteiger partial charge in [-0.3, -0.25) is 0 Å². The maximum Gasteiger partial charge on any atom is 0.0458 e. The lowest BCUT2D eigenvalue weighted by Gasteiger charge is -2.21. The summed E-state index contributed by atoms with van der Waals surface area (Å²) in [4.78, 5) is 3.61. The molecule has 1 aliphatic rings. The summed E-state index contributed by atoms with van der Waals surface area (Å²) in [5.41, 5.74) is 10.1. The van der Waals surface area contributed by atoms with Gasteiger partial charge in [0.2, 0.25) is 0 Å². The maximum atomic E-state index is 6.06. The largest absolute Gasteiger partial charge is 0.358 e. The first-order chi connectivity index (χ1) is 8.81. The Morgan fingerprint density at radius 2 is 2.00 bits per heavy atom. The second kappa shape index (κ2) is 4.77. The minimum absolute atomic E-state index is 0.514. The highest BCUT2D eigenvalue weighted by Gasteiger charge is 2.27. The Hall–Kier alpha value is -1.28. The average molecular weight is 242 g/mol. The van der Waals surface area contributed by atoms with E-state index in [1.54, 1.807) is 0 Å². The van der Waals surface area contributed by atoms with E-state index in [1.807, 2.05) is 0 Å². The molecular weight excluding hydrogens is 220 g/mol. The molecule has 0 spiro atoms. The van der Waals surface area contributed by atoms with Crippen LogP contribution in [0.15, 0.2) is 24.3 Å². The van der Waals surface area contributed by atoms with Gasteiger partial charge in [-0.15, -0.1) is 0 Å². The molecule has 0 aliphatic heterocycles. The molecule has 0 bridgehead atoms. The minimum atomic E-state index is 0.514. The summed E-state index contributed by atoms with van der Waals surface area (Å²) >= 11 is 0. The number of nitrogens with one attached hydrogen (secondary N) is 1. The number of para-hydroxylation sites is 1. The van der Waals surface area contributed by atoms with E-state index >= 15 is 0 Å². The van der Waals surface area contributed by atoms with E-state index in [4.69, 9.17) is 5.73 Å². The van der Waals surface area contributed by atoms with Crippen LogP contribution in [0.1, 0.15) is 42.9 Å². The summed E-state index contributed by atoms with van der Waals surface area (Å²) < 4.78 is 0. The monoisotopic (exact) mass is 242 g/mol. The van der Waals surface area contributed by atoms with E-state index in [0.717, 1.165) is 12.5 Å². The van der Waals surface area contributed by atoms with Crippen molar-refractivity contribution in [2.75, 3.05) is 6.54 Å². The van der Waals surface area contributed by atoms with Crippen LogP contribution in [-0.4, -0.2) is 11.5 Å². The molecule has 1 aliphatic carbocycles. The molecule has 1 atom stereocenters. The lowest BCUT2D eigenvalue weighted by atomic mass is 9.86. The number of benzene rings is 1. The second-order valence-electron chi connectivity index (χ2n) is 5.60. The number of rotatable bonds is 3. The van der Waals surface area contributed by atoms with E-state index in [-0.39, 0.29) is 0 Å². The number of hydrogen-bond acceptors (Lipinski definition) is 1. The third kappa shape index (κ3) is 1.85. The van der Waals surface area contributed by atoms with Crippen LogP contribution in [-0.2, 0) is 0 Å². The smallest absolute Gasteiger partial charge is 0.0458 e. The second-order valence-corrected chi connectivity index (χ2v) is 5.60. The Balaban J connectivity index is 2.03. The molecule has 1 fully saturated rings. The molecule has 0 amide bonds. The zero-order chi connectivity index (χ0) is 12.5. The van der Waals surface area contributed by atoms with E-state index in [0.29, 0.717) is 5.92 Å². The van der Waals surface area contributed by atoms with Crippen molar-refractivity contribution < 1.29 is 0 Å². The third-order valence-corrected chi connectivity index (χ3v) is 4.60. The van der Waals surface area contributed by atoms with Crippen LogP contribution in [0.4, 0.5) is 0 Å². The van der Waals surface area contributed by atoms with Gasteiger partial charge in [-0.05, 0) is 37.3 Å². The van der Waals surface area contributed by atoms with Crippen molar-refractivity contribution in [3.8, 4) is 0 Å². The van der Waals surface area contributed by atoms with Crippen molar-refractivity contribution in [3.63, 3.8) is 0 Å². The number of nitrogens with two attached hydrogens (primary N) is 1. The molecule has 1 unspecified atom stereocenters. The van der Waals surface area contributed by atoms with Crippen molar-refractivity contribution in [2.24, 2.45) is 11.7 Å². The number of aromatic amines is 1. The van der Waals surface area contributed by atoms with E-state index in [9.17, 15) is 0 Å². The lowest BCUT2D eigenvalue weighted by molar-refractivity contribution is 0.433. The predicted octanol–water partition coefficient (Wildman–Crippen LogP) is 3.71. The van der Waals surface area contributed by atoms with Crippen molar-refractivity contribution in [2.45, 2.75) is 38.5 Å². The Labute approximate surface area is 109 Å². The first-order valence-electron chi connectivity index (χ1n) is 7.08. The summed E-state index contributed by atoms with van der Waals surface area (Å²) in [7, 11) is 0. The van der Waals surface area contributed by atoms with Crippen molar-refractivity contribution in [1.82, 2.24) is 4.98 Å². The van der Waals surface area contributed by atoms with Gasteiger partial charge in [0.15, 0.2) is 0 Å². The van der Waals surface area contributed by atoms with Gasteiger partial charge in [0.25, 0.3) is 0 Å². The van der Waals surface area contributed by atoms with Crippen LogP contribution >= 0.6 is 0 Å². The molecule has 1 aromatic carbocycles. The summed E-state index contributed by atoms with van der Waals surface area (Å²) in [5.74, 6) is 1.29. The lowest BCUT2D eigenvalue weighted by Crippen LogP contribution is -2.20. The Morgan fingerprint density at radius 1 is 1.28 bits per heavy atom. The summed E-state index contributed by atoms with van der Waals surface area (Å²) in [6.07, 6.45) is 5.44. The Kier molecular flexibility index (Phi) is 3.13. The highest BCUT2D eigenvalue weighted by molar-refractivity contribution is 5.84. The SMILES string of the molecule is Cc1c(C(CN)C2CCCC2)[nH]c2ccccc12. The number of fused-ring (bicyclic) bond motifs is 1. The molecule has 0 radical (unpaired) electrons. The first kappa shape index (κ1) is 11.8. The van der Waals surface area contributed by atoms with E-state index in [1.165, 1.54) is 47.8 Å². The van der Waals surface area contributed by atoms with Gasteiger partial charge in [0.1, 0.15) is 0 Å². The van der Waals surface area contributed by atoms with E-state index in [2.05, 4.69) is 36.2 Å². The molecule has 3 rings (SSSR count). The molecule has 1 aromatic heterocycles. The zero-order valence-electron chi connectivity index (χ0n) is 11.1. The molecule has 18 heavy (non-hydrogen) atoms. The molecule has 2 nitrogen and oxygen atoms in total. The van der Waals surface area contributed by atoms with Gasteiger partial charge >= 0.3 is 0 Å². The quantitative estimate of drug-likeness (QED) is 0.846. The molecule has 0 saturated heterocycles. The van der Waals surface area contributed by atoms with Gasteiger partial charge in [-0.1, -0.05) is 31.0 Å². The minimum Gasteiger partial charge on any atom is -0.358 e. The van der Waals surface area contributed by atoms with Crippen molar-refractivity contribution >= 4 is 10.9 Å². The van der Waals surface area contributed by atoms with E-state index < -0.39 is 0 Å². The third-order valence-electron chi connectivity index (χ3n) is 4.60. The van der Waals surface area contributed by atoms with Crippen molar-refractivity contribution in [3.05, 3.63) is 35.5 Å².